The average molecular weight is 359 g/mol. The van der Waals surface area contributed by atoms with Crippen molar-refractivity contribution in [2.45, 2.75) is 31.9 Å². The van der Waals surface area contributed by atoms with E-state index >= 15 is 0 Å². The number of aliphatic hydroxyl groups excluding tert-OH is 1. The Morgan fingerprint density at radius 3 is 2.83 bits per heavy atom. The van der Waals surface area contributed by atoms with Crippen LogP contribution in [0.5, 0.6) is 0 Å². The van der Waals surface area contributed by atoms with E-state index in [4.69, 9.17) is 0 Å². The summed E-state index contributed by atoms with van der Waals surface area (Å²) >= 11 is 0. The molecule has 1 heterocycles. The largest absolute Gasteiger partial charge is 0.392 e. The second kappa shape index (κ2) is 9.41. The van der Waals surface area contributed by atoms with Gasteiger partial charge in [-0.1, -0.05) is 6.07 Å². The average Bonchev–Trinajstić information content (AvgIpc) is 2.94. The Hall–Kier alpha value is -1.90. The van der Waals surface area contributed by atoms with E-state index in [-0.39, 0.29) is 30.0 Å². The number of nitro groups is 1. The molecule has 1 amide bonds. The molecule has 2 atom stereocenters. The molecule has 0 aliphatic carbocycles. The van der Waals surface area contributed by atoms with Gasteiger partial charge in [-0.3, -0.25) is 14.9 Å². The van der Waals surface area contributed by atoms with Gasteiger partial charge in [0.2, 0.25) is 5.91 Å². The monoisotopic (exact) mass is 358 g/mol. The molecule has 1 aromatic rings. The molecule has 134 valence electrons. The van der Waals surface area contributed by atoms with Gasteiger partial charge in [0, 0.05) is 25.7 Å². The zero-order valence-electron chi connectivity index (χ0n) is 13.4. The molecule has 0 bridgehead atoms. The van der Waals surface area contributed by atoms with Crippen molar-refractivity contribution in [2.24, 2.45) is 0 Å². The molecule has 1 saturated heterocycles. The highest BCUT2D eigenvalue weighted by molar-refractivity contribution is 5.85. The lowest BCUT2D eigenvalue weighted by molar-refractivity contribution is -0.384. The summed E-state index contributed by atoms with van der Waals surface area (Å²) in [4.78, 5) is 22.4. The lowest BCUT2D eigenvalue weighted by Gasteiger charge is -2.11. The molecule has 4 N–H and O–H groups in total. The van der Waals surface area contributed by atoms with Crippen molar-refractivity contribution in [3.63, 3.8) is 0 Å². The number of aliphatic hydroxyl groups is 1. The van der Waals surface area contributed by atoms with Crippen LogP contribution in [0.4, 0.5) is 11.4 Å². The number of nitrogens with zero attached hydrogens (tertiary/aromatic N) is 1. The molecule has 24 heavy (non-hydrogen) atoms. The summed E-state index contributed by atoms with van der Waals surface area (Å²) < 4.78 is 0. The van der Waals surface area contributed by atoms with Gasteiger partial charge >= 0.3 is 0 Å². The zero-order valence-corrected chi connectivity index (χ0v) is 14.3. The first-order valence-corrected chi connectivity index (χ1v) is 7.65. The number of anilines is 1. The molecule has 9 heteroatoms. The molecule has 0 spiro atoms. The molecule has 2 rings (SSSR count). The number of hydrogen-bond donors (Lipinski definition) is 4. The Kier molecular flexibility index (Phi) is 7.90. The maximum absolute atomic E-state index is 11.8. The third-order valence-corrected chi connectivity index (χ3v) is 3.74. The normalized spacial score (nSPS) is 19.4. The van der Waals surface area contributed by atoms with Crippen LogP contribution in [0.1, 0.15) is 18.4 Å². The van der Waals surface area contributed by atoms with E-state index in [1.807, 2.05) is 6.07 Å². The van der Waals surface area contributed by atoms with Gasteiger partial charge in [0.25, 0.3) is 5.69 Å². The first kappa shape index (κ1) is 20.1. The van der Waals surface area contributed by atoms with Crippen molar-refractivity contribution in [1.82, 2.24) is 10.6 Å². The summed E-state index contributed by atoms with van der Waals surface area (Å²) in [5.41, 5.74) is 1.37. The molecule has 0 radical (unpaired) electrons. The molecule has 1 fully saturated rings. The van der Waals surface area contributed by atoms with Crippen LogP contribution in [0.25, 0.3) is 0 Å². The van der Waals surface area contributed by atoms with E-state index in [1.165, 1.54) is 6.07 Å². The summed E-state index contributed by atoms with van der Waals surface area (Å²) in [6.45, 7) is 3.24. The minimum atomic E-state index is -0.463. The summed E-state index contributed by atoms with van der Waals surface area (Å²) in [5, 5.41) is 29.1. The molecule has 1 aliphatic heterocycles. The van der Waals surface area contributed by atoms with Crippen LogP contribution in [-0.2, 0) is 4.79 Å². The van der Waals surface area contributed by atoms with Gasteiger partial charge < -0.3 is 21.1 Å². The van der Waals surface area contributed by atoms with Crippen LogP contribution in [-0.4, -0.2) is 47.7 Å². The number of carbonyl (C=O) groups is 1. The number of carbonyl (C=O) groups excluding carboxylic acids is 1. The van der Waals surface area contributed by atoms with Crippen molar-refractivity contribution in [2.75, 3.05) is 25.0 Å². The first-order valence-electron chi connectivity index (χ1n) is 7.65. The predicted octanol–water partition coefficient (Wildman–Crippen LogP) is 0.966. The lowest BCUT2D eigenvalue weighted by atomic mass is 10.2. The van der Waals surface area contributed by atoms with Crippen LogP contribution in [0.15, 0.2) is 18.2 Å². The van der Waals surface area contributed by atoms with E-state index in [1.54, 1.807) is 13.0 Å². The lowest BCUT2D eigenvalue weighted by Crippen LogP contribution is -2.41. The molecule has 0 aromatic heterocycles. The van der Waals surface area contributed by atoms with Crippen LogP contribution < -0.4 is 16.0 Å². The zero-order chi connectivity index (χ0) is 16.8. The second-order valence-electron chi connectivity index (χ2n) is 5.70. The van der Waals surface area contributed by atoms with Gasteiger partial charge in [-0.15, -0.1) is 12.4 Å². The van der Waals surface area contributed by atoms with Crippen LogP contribution in [0.2, 0.25) is 0 Å². The fourth-order valence-electron chi connectivity index (χ4n) is 2.51. The molecular formula is C15H23ClN4O4. The van der Waals surface area contributed by atoms with Crippen LogP contribution in [0.3, 0.4) is 0 Å². The number of aryl methyl sites for hydroxylation is 1. The van der Waals surface area contributed by atoms with Crippen molar-refractivity contribution in [3.05, 3.63) is 33.9 Å². The number of amides is 1. The van der Waals surface area contributed by atoms with E-state index < -0.39 is 11.0 Å². The Labute approximate surface area is 146 Å². The van der Waals surface area contributed by atoms with Gasteiger partial charge in [0.15, 0.2) is 0 Å². The van der Waals surface area contributed by atoms with Gasteiger partial charge in [-0.25, -0.2) is 0 Å². The van der Waals surface area contributed by atoms with Crippen molar-refractivity contribution >= 4 is 29.7 Å². The maximum Gasteiger partial charge on any atom is 0.292 e. The highest BCUT2D eigenvalue weighted by Crippen LogP contribution is 2.25. The predicted molar refractivity (Wildman–Crippen MR) is 93.6 cm³/mol. The number of β-amino-alcohol motifs (C(OH)–C–C–N with tert-alkyl or cyclic N) is 1. The Morgan fingerprint density at radius 1 is 1.46 bits per heavy atom. The topological polar surface area (TPSA) is 117 Å². The van der Waals surface area contributed by atoms with E-state index in [0.29, 0.717) is 38.2 Å². The highest BCUT2D eigenvalue weighted by Gasteiger charge is 2.27. The standard InChI is InChI=1S/C15H22N4O4.ClH/c1-10-3-4-12(14(7-10)19(22)23)16-5-2-6-17-15(21)13-8-11(20)9-18-13;/h3-4,7,11,13,16,18,20H,2,5-6,8-9H2,1H3,(H,17,21);1H. The number of hydrogen-bond acceptors (Lipinski definition) is 6. The summed E-state index contributed by atoms with van der Waals surface area (Å²) in [5.74, 6) is -0.122. The second-order valence-corrected chi connectivity index (χ2v) is 5.70. The summed E-state index contributed by atoms with van der Waals surface area (Å²) in [6.07, 6.45) is 0.612. The van der Waals surface area contributed by atoms with Gasteiger partial charge in [-0.2, -0.15) is 0 Å². The van der Waals surface area contributed by atoms with Gasteiger partial charge in [0.1, 0.15) is 5.69 Å². The third-order valence-electron chi connectivity index (χ3n) is 3.74. The van der Waals surface area contributed by atoms with E-state index in [0.717, 1.165) is 5.56 Å². The summed E-state index contributed by atoms with van der Waals surface area (Å²) in [6, 6.07) is 4.70. The number of rotatable bonds is 7. The molecule has 1 aliphatic rings. The van der Waals surface area contributed by atoms with Crippen LogP contribution in [0, 0.1) is 17.0 Å². The van der Waals surface area contributed by atoms with Crippen molar-refractivity contribution < 1.29 is 14.8 Å². The minimum Gasteiger partial charge on any atom is -0.392 e. The quantitative estimate of drug-likeness (QED) is 0.328. The molecular weight excluding hydrogens is 336 g/mol. The number of nitro benzene ring substituents is 1. The van der Waals surface area contributed by atoms with Gasteiger partial charge in [-0.05, 0) is 31.4 Å². The first-order chi connectivity index (χ1) is 11.0. The number of benzene rings is 1. The Balaban J connectivity index is 0.00000288. The van der Waals surface area contributed by atoms with E-state index in [2.05, 4.69) is 16.0 Å². The van der Waals surface area contributed by atoms with Crippen molar-refractivity contribution in [1.29, 1.82) is 0 Å². The summed E-state index contributed by atoms with van der Waals surface area (Å²) in [7, 11) is 0. The third kappa shape index (κ3) is 5.63. The Morgan fingerprint density at radius 2 is 2.21 bits per heavy atom. The highest BCUT2D eigenvalue weighted by atomic mass is 35.5. The molecule has 1 aromatic carbocycles. The van der Waals surface area contributed by atoms with E-state index in [9.17, 15) is 20.0 Å². The van der Waals surface area contributed by atoms with Gasteiger partial charge in [0.05, 0.1) is 17.1 Å². The number of nitrogens with one attached hydrogen (secondary N) is 3. The van der Waals surface area contributed by atoms with Crippen molar-refractivity contribution in [3.8, 4) is 0 Å². The molecule has 2 unspecified atom stereocenters. The molecule has 0 saturated carbocycles. The van der Waals surface area contributed by atoms with Crippen LogP contribution >= 0.6 is 12.4 Å². The molecule has 8 nitrogen and oxygen atoms in total. The smallest absolute Gasteiger partial charge is 0.292 e. The SMILES string of the molecule is Cc1ccc(NCCCNC(=O)C2CC(O)CN2)c([N+](=O)[O-])c1.Cl. The fourth-order valence-corrected chi connectivity index (χ4v) is 2.51. The minimum absolute atomic E-state index is 0. The number of halogens is 1. The fraction of sp³-hybridized carbons (Fsp3) is 0.533. The Bertz CT molecular complexity index is 585. The maximum atomic E-state index is 11.8.